The summed E-state index contributed by atoms with van der Waals surface area (Å²) in [5.74, 6) is -4.31. The highest BCUT2D eigenvalue weighted by atomic mass is 16.4. The van der Waals surface area contributed by atoms with Gasteiger partial charge in [-0.1, -0.05) is 48.6 Å². The average molecular weight is 286 g/mol. The molecule has 0 aromatic heterocycles. The third kappa shape index (κ3) is 2.50. The van der Waals surface area contributed by atoms with E-state index < -0.39 is 29.1 Å². The molecule has 1 aromatic carbocycles. The molecule has 0 heterocycles. The van der Waals surface area contributed by atoms with Gasteiger partial charge in [0.25, 0.3) is 0 Å². The van der Waals surface area contributed by atoms with Gasteiger partial charge in [-0.25, -0.2) is 4.79 Å². The van der Waals surface area contributed by atoms with Crippen molar-refractivity contribution in [1.29, 1.82) is 0 Å². The molecule has 5 nitrogen and oxygen atoms in total. The molecule has 2 rings (SSSR count). The van der Waals surface area contributed by atoms with Crippen LogP contribution in [0.15, 0.2) is 54.1 Å². The van der Waals surface area contributed by atoms with Gasteiger partial charge >= 0.3 is 11.9 Å². The minimum atomic E-state index is -1.59. The first kappa shape index (κ1) is 14.7. The maximum absolute atomic E-state index is 12.6. The Hall–Kier alpha value is -2.69. The van der Waals surface area contributed by atoms with Crippen LogP contribution in [0.25, 0.3) is 0 Å². The largest absolute Gasteiger partial charge is 0.481 e. The van der Waals surface area contributed by atoms with Gasteiger partial charge in [-0.3, -0.25) is 9.59 Å². The number of allylic oxidation sites excluding steroid dienone is 2. The van der Waals surface area contributed by atoms with Gasteiger partial charge in [-0.15, -0.1) is 0 Å². The van der Waals surface area contributed by atoms with E-state index in [0.717, 1.165) is 0 Å². The molecule has 2 N–H and O–H groups in total. The van der Waals surface area contributed by atoms with E-state index >= 15 is 0 Å². The highest BCUT2D eigenvalue weighted by Gasteiger charge is 2.48. The number of Topliss-reactive ketones (excluding diaryl/α,β-unsaturated/α-hetero) is 1. The van der Waals surface area contributed by atoms with Gasteiger partial charge < -0.3 is 10.2 Å². The highest BCUT2D eigenvalue weighted by molar-refractivity contribution is 6.08. The molecule has 0 aliphatic heterocycles. The first-order valence-electron chi connectivity index (χ1n) is 6.33. The number of rotatable bonds is 4. The van der Waals surface area contributed by atoms with Crippen LogP contribution in [-0.2, 0) is 9.59 Å². The van der Waals surface area contributed by atoms with Crippen molar-refractivity contribution in [3.05, 3.63) is 59.7 Å². The van der Waals surface area contributed by atoms with Gasteiger partial charge in [0.15, 0.2) is 5.78 Å². The Kier molecular flexibility index (Phi) is 3.76. The summed E-state index contributed by atoms with van der Waals surface area (Å²) in [6.07, 6.45) is 4.00. The number of carbonyl (C=O) groups is 3. The third-order valence-corrected chi connectivity index (χ3v) is 3.66. The Morgan fingerprint density at radius 1 is 1.10 bits per heavy atom. The minimum absolute atomic E-state index is 0.212. The lowest BCUT2D eigenvalue weighted by molar-refractivity contribution is -0.147. The fourth-order valence-electron chi connectivity index (χ4n) is 2.44. The summed E-state index contributed by atoms with van der Waals surface area (Å²) in [6, 6.07) is 8.11. The van der Waals surface area contributed by atoms with Crippen molar-refractivity contribution in [3.8, 4) is 0 Å². The number of carboxylic acids is 2. The van der Waals surface area contributed by atoms with Gasteiger partial charge in [0.1, 0.15) is 0 Å². The SMILES string of the molecule is CC1(C(=O)O)C=CC=C(C(=O)O)C1C(=O)c1ccccc1. The second kappa shape index (κ2) is 5.36. The van der Waals surface area contributed by atoms with Crippen LogP contribution in [0.1, 0.15) is 17.3 Å². The van der Waals surface area contributed by atoms with Gasteiger partial charge in [-0.2, -0.15) is 0 Å². The molecule has 0 radical (unpaired) electrons. The zero-order valence-electron chi connectivity index (χ0n) is 11.3. The smallest absolute Gasteiger partial charge is 0.332 e. The van der Waals surface area contributed by atoms with Gasteiger partial charge in [0.2, 0.25) is 0 Å². The number of aliphatic carboxylic acids is 2. The molecule has 108 valence electrons. The van der Waals surface area contributed by atoms with Crippen molar-refractivity contribution >= 4 is 17.7 Å². The molecule has 1 aliphatic carbocycles. The molecule has 0 amide bonds. The normalized spacial score (nSPS) is 24.2. The van der Waals surface area contributed by atoms with E-state index in [4.69, 9.17) is 0 Å². The summed E-state index contributed by atoms with van der Waals surface area (Å²) in [6.45, 7) is 1.35. The van der Waals surface area contributed by atoms with Crippen LogP contribution in [0.5, 0.6) is 0 Å². The van der Waals surface area contributed by atoms with E-state index in [1.807, 2.05) is 0 Å². The quantitative estimate of drug-likeness (QED) is 0.827. The van der Waals surface area contributed by atoms with Crippen molar-refractivity contribution in [2.75, 3.05) is 0 Å². The molecule has 0 bridgehead atoms. The Balaban J connectivity index is 2.56. The molecule has 0 saturated carbocycles. The van der Waals surface area contributed by atoms with Crippen LogP contribution in [0.3, 0.4) is 0 Å². The summed E-state index contributed by atoms with van der Waals surface area (Å²) in [5, 5.41) is 18.7. The van der Waals surface area contributed by atoms with Gasteiger partial charge in [0, 0.05) is 11.1 Å². The summed E-state index contributed by atoms with van der Waals surface area (Å²) < 4.78 is 0. The van der Waals surface area contributed by atoms with E-state index in [-0.39, 0.29) is 11.1 Å². The van der Waals surface area contributed by atoms with E-state index in [2.05, 4.69) is 0 Å². The average Bonchev–Trinajstić information content (AvgIpc) is 2.47. The monoisotopic (exact) mass is 286 g/mol. The first-order chi connectivity index (χ1) is 9.88. The molecule has 0 saturated heterocycles. The lowest BCUT2D eigenvalue weighted by Crippen LogP contribution is -2.42. The van der Waals surface area contributed by atoms with E-state index in [0.29, 0.717) is 0 Å². The Labute approximate surface area is 121 Å². The molecule has 5 heteroatoms. The zero-order chi connectivity index (χ0) is 15.6. The minimum Gasteiger partial charge on any atom is -0.481 e. The molecule has 2 unspecified atom stereocenters. The Bertz CT molecular complexity index is 657. The Morgan fingerprint density at radius 3 is 2.24 bits per heavy atom. The molecule has 2 atom stereocenters. The number of hydrogen-bond acceptors (Lipinski definition) is 3. The number of carbonyl (C=O) groups excluding carboxylic acids is 1. The van der Waals surface area contributed by atoms with Crippen molar-refractivity contribution < 1.29 is 24.6 Å². The zero-order valence-corrected chi connectivity index (χ0v) is 11.3. The molecule has 0 spiro atoms. The Morgan fingerprint density at radius 2 is 1.71 bits per heavy atom. The van der Waals surface area contributed by atoms with Crippen LogP contribution in [0.4, 0.5) is 0 Å². The lowest BCUT2D eigenvalue weighted by Gasteiger charge is -2.32. The van der Waals surface area contributed by atoms with Crippen molar-refractivity contribution in [1.82, 2.24) is 0 Å². The summed E-state index contributed by atoms with van der Waals surface area (Å²) in [7, 11) is 0. The van der Waals surface area contributed by atoms with Gasteiger partial charge in [-0.05, 0) is 6.92 Å². The van der Waals surface area contributed by atoms with Crippen molar-refractivity contribution in [3.63, 3.8) is 0 Å². The van der Waals surface area contributed by atoms with E-state index in [9.17, 15) is 24.6 Å². The fraction of sp³-hybridized carbons (Fsp3) is 0.188. The third-order valence-electron chi connectivity index (χ3n) is 3.66. The fourth-order valence-corrected chi connectivity index (χ4v) is 2.44. The van der Waals surface area contributed by atoms with Crippen molar-refractivity contribution in [2.45, 2.75) is 6.92 Å². The predicted octanol–water partition coefficient (Wildman–Crippen LogP) is 2.16. The first-order valence-corrected chi connectivity index (χ1v) is 6.33. The number of benzene rings is 1. The maximum Gasteiger partial charge on any atom is 0.332 e. The molecule has 0 fully saturated rings. The topological polar surface area (TPSA) is 91.7 Å². The molecule has 1 aromatic rings. The van der Waals surface area contributed by atoms with Gasteiger partial charge in [0.05, 0.1) is 11.3 Å². The molecular weight excluding hydrogens is 272 g/mol. The van der Waals surface area contributed by atoms with Crippen LogP contribution in [0, 0.1) is 11.3 Å². The molecular formula is C16H14O5. The number of carboxylic acid groups (broad SMARTS) is 2. The van der Waals surface area contributed by atoms with Crippen molar-refractivity contribution in [2.24, 2.45) is 11.3 Å². The van der Waals surface area contributed by atoms with E-state index in [1.165, 1.54) is 25.2 Å². The van der Waals surface area contributed by atoms with Crippen LogP contribution in [0.2, 0.25) is 0 Å². The number of ketones is 1. The maximum atomic E-state index is 12.6. The number of hydrogen-bond donors (Lipinski definition) is 2. The summed E-state index contributed by atoms with van der Waals surface area (Å²) in [5.41, 5.74) is -1.51. The second-order valence-electron chi connectivity index (χ2n) is 5.04. The van der Waals surface area contributed by atoms with Crippen LogP contribution < -0.4 is 0 Å². The predicted molar refractivity (Wildman–Crippen MR) is 74.9 cm³/mol. The molecule has 21 heavy (non-hydrogen) atoms. The van der Waals surface area contributed by atoms with Crippen LogP contribution >= 0.6 is 0 Å². The standard InChI is InChI=1S/C16H14O5/c1-16(15(20)21)9-5-8-11(14(18)19)12(16)13(17)10-6-3-2-4-7-10/h2-9,12H,1H3,(H,18,19)(H,20,21). The summed E-state index contributed by atoms with van der Waals surface area (Å²) >= 11 is 0. The lowest BCUT2D eigenvalue weighted by atomic mass is 9.67. The molecule has 1 aliphatic rings. The van der Waals surface area contributed by atoms with E-state index in [1.54, 1.807) is 30.3 Å². The second-order valence-corrected chi connectivity index (χ2v) is 5.04. The summed E-state index contributed by atoms with van der Waals surface area (Å²) in [4.78, 5) is 35.6. The highest BCUT2D eigenvalue weighted by Crippen LogP contribution is 2.40. The van der Waals surface area contributed by atoms with Crippen LogP contribution in [-0.4, -0.2) is 27.9 Å².